The van der Waals surface area contributed by atoms with Crippen LogP contribution in [0.4, 0.5) is 0 Å². The molecule has 0 heterocycles. The Bertz CT molecular complexity index is 1190. The fourth-order valence-corrected chi connectivity index (χ4v) is 10.0. The average molecular weight is 492 g/mol. The molecule has 1 aliphatic carbocycles. The van der Waals surface area contributed by atoms with Gasteiger partial charge in [0.2, 0.25) is 0 Å². The molecule has 0 aromatic heterocycles. The molecular formula is C32H31NP2. The van der Waals surface area contributed by atoms with Gasteiger partial charge in [0.1, 0.15) is 0 Å². The van der Waals surface area contributed by atoms with Gasteiger partial charge in [0.25, 0.3) is 0 Å². The molecule has 5 rings (SSSR count). The summed E-state index contributed by atoms with van der Waals surface area (Å²) in [6.45, 7) is 2.39. The first-order chi connectivity index (χ1) is 17.2. The summed E-state index contributed by atoms with van der Waals surface area (Å²) in [4.78, 5) is 0. The number of allylic oxidation sites excluding steroid dienone is 3. The molecule has 0 spiro atoms. The molecule has 0 fully saturated rings. The van der Waals surface area contributed by atoms with Gasteiger partial charge in [-0.3, -0.25) is 4.67 Å². The van der Waals surface area contributed by atoms with Gasteiger partial charge in [-0.2, -0.15) is 0 Å². The van der Waals surface area contributed by atoms with Gasteiger partial charge in [0, 0.05) is 19.8 Å². The summed E-state index contributed by atoms with van der Waals surface area (Å²) in [5, 5.41) is 5.64. The van der Waals surface area contributed by atoms with Crippen molar-refractivity contribution in [2.75, 3.05) is 7.05 Å². The first kappa shape index (κ1) is 23.9. The van der Waals surface area contributed by atoms with Crippen LogP contribution in [0.1, 0.15) is 6.92 Å². The van der Waals surface area contributed by atoms with Crippen LogP contribution in [-0.4, -0.2) is 23.4 Å². The zero-order valence-electron chi connectivity index (χ0n) is 20.3. The van der Waals surface area contributed by atoms with Crippen LogP contribution in [0.25, 0.3) is 0 Å². The van der Waals surface area contributed by atoms with Gasteiger partial charge in [-0.1, -0.05) is 140 Å². The smallest absolute Gasteiger partial charge is 0.0331 e. The normalized spacial score (nSPS) is 16.1. The second-order valence-electron chi connectivity index (χ2n) is 8.77. The summed E-state index contributed by atoms with van der Waals surface area (Å²) in [6, 6.07) is 44.4. The van der Waals surface area contributed by atoms with Gasteiger partial charge >= 0.3 is 0 Å². The summed E-state index contributed by atoms with van der Waals surface area (Å²) in [6.07, 6.45) is 7.08. The molecule has 2 unspecified atom stereocenters. The summed E-state index contributed by atoms with van der Waals surface area (Å²) < 4.78 is 2.61. The molecule has 1 aliphatic rings. The van der Waals surface area contributed by atoms with E-state index >= 15 is 0 Å². The monoisotopic (exact) mass is 491 g/mol. The zero-order valence-corrected chi connectivity index (χ0v) is 22.1. The third kappa shape index (κ3) is 5.24. The highest BCUT2D eigenvalue weighted by Crippen LogP contribution is 2.49. The number of nitrogens with zero attached hydrogens (tertiary/aromatic N) is 1. The zero-order chi connectivity index (χ0) is 24.0. The predicted octanol–water partition coefficient (Wildman–Crippen LogP) is 6.35. The van der Waals surface area contributed by atoms with Gasteiger partial charge in [0.15, 0.2) is 0 Å². The quantitative estimate of drug-likeness (QED) is 0.260. The van der Waals surface area contributed by atoms with E-state index in [2.05, 4.69) is 158 Å². The largest absolute Gasteiger partial charge is 0.271 e. The van der Waals surface area contributed by atoms with E-state index in [1.165, 1.54) is 26.8 Å². The lowest BCUT2D eigenvalue weighted by atomic mass is 10.1. The van der Waals surface area contributed by atoms with Crippen molar-refractivity contribution in [2.24, 2.45) is 0 Å². The van der Waals surface area contributed by atoms with Crippen molar-refractivity contribution in [3.05, 3.63) is 145 Å². The van der Waals surface area contributed by atoms with Gasteiger partial charge in [-0.25, -0.2) is 0 Å². The standard InChI is InChI=1S/C32H31NP2/c1-26(33(2)35(29-20-11-5-12-21-29)30-22-13-6-14-23-30)31-24-15-25-32(31)34(27-16-7-3-8-17-27)28-18-9-4-10-19-28/h3-26,32H,1-2H3. The van der Waals surface area contributed by atoms with Crippen molar-refractivity contribution < 1.29 is 0 Å². The Kier molecular flexibility index (Phi) is 7.70. The van der Waals surface area contributed by atoms with Crippen molar-refractivity contribution in [2.45, 2.75) is 18.6 Å². The molecule has 2 atom stereocenters. The Morgan fingerprint density at radius 3 is 1.43 bits per heavy atom. The van der Waals surface area contributed by atoms with Crippen molar-refractivity contribution in [3.8, 4) is 0 Å². The Hall–Kier alpha value is -2.82. The molecule has 0 radical (unpaired) electrons. The van der Waals surface area contributed by atoms with E-state index in [0.29, 0.717) is 11.7 Å². The Morgan fingerprint density at radius 2 is 1.00 bits per heavy atom. The molecular weight excluding hydrogens is 460 g/mol. The predicted molar refractivity (Wildman–Crippen MR) is 156 cm³/mol. The number of likely N-dealkylation sites (N-methyl/N-ethyl adjacent to an activating group) is 1. The third-order valence-electron chi connectivity index (χ3n) is 6.63. The highest BCUT2D eigenvalue weighted by Gasteiger charge is 2.34. The van der Waals surface area contributed by atoms with E-state index in [0.717, 1.165) is 0 Å². The van der Waals surface area contributed by atoms with Crippen molar-refractivity contribution in [1.29, 1.82) is 0 Å². The molecule has 3 heteroatoms. The van der Waals surface area contributed by atoms with Crippen molar-refractivity contribution >= 4 is 37.2 Å². The first-order valence-electron chi connectivity index (χ1n) is 12.1. The molecule has 0 saturated carbocycles. The van der Waals surface area contributed by atoms with E-state index in [1.54, 1.807) is 0 Å². The molecule has 174 valence electrons. The highest BCUT2D eigenvalue weighted by atomic mass is 31.1. The summed E-state index contributed by atoms with van der Waals surface area (Å²) in [5.74, 6) is 0. The van der Waals surface area contributed by atoms with Crippen LogP contribution >= 0.6 is 16.0 Å². The highest BCUT2D eigenvalue weighted by molar-refractivity contribution is 7.74. The third-order valence-corrected chi connectivity index (χ3v) is 11.9. The van der Waals surface area contributed by atoms with Crippen LogP contribution < -0.4 is 21.2 Å². The van der Waals surface area contributed by atoms with E-state index in [9.17, 15) is 0 Å². The lowest BCUT2D eigenvalue weighted by molar-refractivity contribution is 0.476. The second kappa shape index (κ2) is 11.3. The first-order valence-corrected chi connectivity index (χ1v) is 14.8. The summed E-state index contributed by atoms with van der Waals surface area (Å²) >= 11 is 0. The number of rotatable bonds is 8. The van der Waals surface area contributed by atoms with Crippen molar-refractivity contribution in [1.82, 2.24) is 4.67 Å². The lowest BCUT2D eigenvalue weighted by Gasteiger charge is -2.38. The molecule has 0 saturated heterocycles. The van der Waals surface area contributed by atoms with Gasteiger partial charge in [-0.15, -0.1) is 0 Å². The molecule has 35 heavy (non-hydrogen) atoms. The Labute approximate surface area is 212 Å². The molecule has 0 N–H and O–H groups in total. The molecule has 4 aromatic rings. The molecule has 0 amide bonds. The number of hydrogen-bond acceptors (Lipinski definition) is 1. The van der Waals surface area contributed by atoms with Crippen LogP contribution in [0.5, 0.6) is 0 Å². The molecule has 0 aliphatic heterocycles. The van der Waals surface area contributed by atoms with Crippen LogP contribution in [0.15, 0.2) is 145 Å². The Balaban J connectivity index is 1.51. The van der Waals surface area contributed by atoms with Crippen LogP contribution in [0, 0.1) is 0 Å². The van der Waals surface area contributed by atoms with Gasteiger partial charge in [0.05, 0.1) is 0 Å². The van der Waals surface area contributed by atoms with E-state index in [4.69, 9.17) is 0 Å². The van der Waals surface area contributed by atoms with Crippen LogP contribution in [0.3, 0.4) is 0 Å². The molecule has 4 aromatic carbocycles. The van der Waals surface area contributed by atoms with Crippen LogP contribution in [0.2, 0.25) is 0 Å². The lowest BCUT2D eigenvalue weighted by Crippen LogP contribution is -2.36. The minimum absolute atomic E-state index is 0.305. The van der Waals surface area contributed by atoms with E-state index in [-0.39, 0.29) is 0 Å². The number of benzene rings is 4. The minimum Gasteiger partial charge on any atom is -0.271 e. The minimum atomic E-state index is -0.643. The average Bonchev–Trinajstić information content (AvgIpc) is 3.40. The van der Waals surface area contributed by atoms with Crippen LogP contribution in [-0.2, 0) is 0 Å². The van der Waals surface area contributed by atoms with Gasteiger partial charge in [-0.05, 0) is 48.7 Å². The molecule has 0 bridgehead atoms. The fourth-order valence-electron chi connectivity index (χ4n) is 4.79. The molecule has 1 nitrogen and oxygen atoms in total. The van der Waals surface area contributed by atoms with Gasteiger partial charge < -0.3 is 0 Å². The topological polar surface area (TPSA) is 3.24 Å². The fraction of sp³-hybridized carbons (Fsp3) is 0.125. The van der Waals surface area contributed by atoms with E-state index in [1.807, 2.05) is 0 Å². The number of hydrogen-bond donors (Lipinski definition) is 0. The summed E-state index contributed by atoms with van der Waals surface area (Å²) in [5.41, 5.74) is 1.89. The second-order valence-corrected chi connectivity index (χ2v) is 13.4. The Morgan fingerprint density at radius 1 is 0.600 bits per heavy atom. The maximum absolute atomic E-state index is 2.61. The van der Waals surface area contributed by atoms with E-state index < -0.39 is 16.0 Å². The SMILES string of the molecule is CC(C1=CC=CC1P(c1ccccc1)c1ccccc1)N(C)P(c1ccccc1)c1ccccc1. The maximum Gasteiger partial charge on any atom is 0.0331 e. The van der Waals surface area contributed by atoms with Crippen molar-refractivity contribution in [3.63, 3.8) is 0 Å². The maximum atomic E-state index is 2.61. The summed E-state index contributed by atoms with van der Waals surface area (Å²) in [7, 11) is 1.11.